The molecule has 3 nitrogen and oxygen atoms in total. The van der Waals surface area contributed by atoms with E-state index in [0.29, 0.717) is 11.7 Å². The Balaban J connectivity index is 1.95. The van der Waals surface area contributed by atoms with Crippen molar-refractivity contribution in [1.82, 2.24) is 10.2 Å². The molecule has 1 aliphatic rings. The first-order valence-electron chi connectivity index (χ1n) is 7.25. The van der Waals surface area contributed by atoms with Gasteiger partial charge in [0.1, 0.15) is 5.82 Å². The van der Waals surface area contributed by atoms with Crippen LogP contribution in [0.3, 0.4) is 0 Å². The van der Waals surface area contributed by atoms with E-state index in [0.717, 1.165) is 35.6 Å². The van der Waals surface area contributed by atoms with Gasteiger partial charge in [-0.2, -0.15) is 5.10 Å². The second-order valence-electron chi connectivity index (χ2n) is 5.86. The number of rotatable bonds is 2. The van der Waals surface area contributed by atoms with Gasteiger partial charge in [0, 0.05) is 17.2 Å². The molecule has 1 fully saturated rings. The summed E-state index contributed by atoms with van der Waals surface area (Å²) in [6, 6.07) is 6.47. The van der Waals surface area contributed by atoms with Crippen LogP contribution in [0.15, 0.2) is 24.3 Å². The third-order valence-electron chi connectivity index (χ3n) is 4.38. The van der Waals surface area contributed by atoms with Crippen molar-refractivity contribution in [3.8, 4) is 11.1 Å². The van der Waals surface area contributed by atoms with Crippen LogP contribution in [0, 0.1) is 11.7 Å². The monoisotopic (exact) mass is 273 g/mol. The molecule has 20 heavy (non-hydrogen) atoms. The van der Waals surface area contributed by atoms with E-state index < -0.39 is 0 Å². The second-order valence-corrected chi connectivity index (χ2v) is 5.86. The average molecular weight is 273 g/mol. The number of nitrogens with zero attached hydrogens (tertiary/aromatic N) is 1. The number of nitrogens with two attached hydrogens (primary N) is 1. The van der Waals surface area contributed by atoms with Gasteiger partial charge in [0.15, 0.2) is 5.82 Å². The Hall–Kier alpha value is -1.84. The Morgan fingerprint density at radius 3 is 2.45 bits per heavy atom. The normalized spacial score (nSPS) is 22.9. The molecule has 0 aliphatic heterocycles. The first-order valence-corrected chi connectivity index (χ1v) is 7.25. The van der Waals surface area contributed by atoms with Crippen molar-refractivity contribution in [1.29, 1.82) is 0 Å². The van der Waals surface area contributed by atoms with Crippen LogP contribution in [0.2, 0.25) is 0 Å². The van der Waals surface area contributed by atoms with Crippen molar-refractivity contribution < 1.29 is 4.39 Å². The Bertz CT molecular complexity index is 580. The van der Waals surface area contributed by atoms with Gasteiger partial charge in [-0.05, 0) is 36.5 Å². The minimum Gasteiger partial charge on any atom is -0.382 e. The van der Waals surface area contributed by atoms with E-state index in [9.17, 15) is 4.39 Å². The number of anilines is 1. The molecule has 0 saturated heterocycles. The van der Waals surface area contributed by atoms with Gasteiger partial charge in [0.25, 0.3) is 0 Å². The fourth-order valence-corrected chi connectivity index (χ4v) is 3.13. The molecule has 1 aliphatic carbocycles. The Morgan fingerprint density at radius 2 is 1.80 bits per heavy atom. The van der Waals surface area contributed by atoms with Crippen molar-refractivity contribution in [2.75, 3.05) is 5.73 Å². The number of aromatic nitrogens is 2. The summed E-state index contributed by atoms with van der Waals surface area (Å²) in [6.45, 7) is 2.30. The van der Waals surface area contributed by atoms with Crippen LogP contribution in [0.4, 0.5) is 10.2 Å². The lowest BCUT2D eigenvalue weighted by molar-refractivity contribution is 0.344. The Morgan fingerprint density at radius 1 is 1.15 bits per heavy atom. The molecule has 1 aromatic carbocycles. The summed E-state index contributed by atoms with van der Waals surface area (Å²) in [4.78, 5) is 0. The highest BCUT2D eigenvalue weighted by atomic mass is 19.1. The van der Waals surface area contributed by atoms with Gasteiger partial charge in [0.2, 0.25) is 0 Å². The van der Waals surface area contributed by atoms with Crippen LogP contribution in [0.25, 0.3) is 11.1 Å². The molecular weight excluding hydrogens is 253 g/mol. The van der Waals surface area contributed by atoms with Crippen LogP contribution in [0.5, 0.6) is 0 Å². The third kappa shape index (κ3) is 2.42. The van der Waals surface area contributed by atoms with E-state index in [1.165, 1.54) is 25.0 Å². The summed E-state index contributed by atoms with van der Waals surface area (Å²) >= 11 is 0. The molecule has 0 spiro atoms. The molecule has 3 rings (SSSR count). The van der Waals surface area contributed by atoms with Crippen LogP contribution >= 0.6 is 0 Å². The lowest BCUT2D eigenvalue weighted by atomic mass is 9.80. The predicted molar refractivity (Wildman–Crippen MR) is 78.8 cm³/mol. The standard InChI is InChI=1S/C16H20FN3/c1-10-2-4-12(5-3-10)15-14(16(18)20-19-15)11-6-8-13(17)9-7-11/h6-10,12H,2-5H2,1H3,(H3,18,19,20). The molecule has 2 aromatic rings. The molecule has 0 radical (unpaired) electrons. The van der Waals surface area contributed by atoms with Gasteiger partial charge < -0.3 is 5.73 Å². The lowest BCUT2D eigenvalue weighted by Gasteiger charge is -2.26. The molecule has 3 N–H and O–H groups in total. The maximum absolute atomic E-state index is 13.1. The smallest absolute Gasteiger partial charge is 0.153 e. The zero-order chi connectivity index (χ0) is 14.1. The van der Waals surface area contributed by atoms with Crippen LogP contribution in [-0.2, 0) is 0 Å². The molecule has 1 saturated carbocycles. The number of H-pyrrole nitrogens is 1. The van der Waals surface area contributed by atoms with Gasteiger partial charge in [-0.15, -0.1) is 0 Å². The number of nitrogen functional groups attached to an aromatic ring is 1. The van der Waals surface area contributed by atoms with E-state index in [1.807, 2.05) is 0 Å². The van der Waals surface area contributed by atoms with Crippen molar-refractivity contribution >= 4 is 5.82 Å². The van der Waals surface area contributed by atoms with E-state index in [1.54, 1.807) is 12.1 Å². The van der Waals surface area contributed by atoms with E-state index in [-0.39, 0.29) is 5.82 Å². The molecule has 106 valence electrons. The first-order chi connectivity index (χ1) is 9.65. The van der Waals surface area contributed by atoms with Crippen molar-refractivity contribution in [3.05, 3.63) is 35.8 Å². The van der Waals surface area contributed by atoms with E-state index >= 15 is 0 Å². The quantitative estimate of drug-likeness (QED) is 0.865. The minimum atomic E-state index is -0.233. The van der Waals surface area contributed by atoms with Gasteiger partial charge in [-0.3, -0.25) is 5.10 Å². The highest BCUT2D eigenvalue weighted by Gasteiger charge is 2.25. The minimum absolute atomic E-state index is 0.233. The topological polar surface area (TPSA) is 54.7 Å². The number of nitrogens with one attached hydrogen (secondary N) is 1. The van der Waals surface area contributed by atoms with Crippen molar-refractivity contribution in [2.24, 2.45) is 5.92 Å². The van der Waals surface area contributed by atoms with Crippen LogP contribution in [0.1, 0.15) is 44.2 Å². The summed E-state index contributed by atoms with van der Waals surface area (Å²) in [5, 5.41) is 7.27. The number of hydrogen-bond acceptors (Lipinski definition) is 2. The largest absolute Gasteiger partial charge is 0.382 e. The third-order valence-corrected chi connectivity index (χ3v) is 4.38. The van der Waals surface area contributed by atoms with Crippen LogP contribution < -0.4 is 5.73 Å². The summed E-state index contributed by atoms with van der Waals surface area (Å²) < 4.78 is 13.1. The first kappa shape index (κ1) is 13.2. The highest BCUT2D eigenvalue weighted by molar-refractivity contribution is 5.76. The molecule has 1 heterocycles. The molecule has 0 atom stereocenters. The van der Waals surface area contributed by atoms with Gasteiger partial charge in [-0.1, -0.05) is 31.9 Å². The number of hydrogen-bond donors (Lipinski definition) is 2. The maximum atomic E-state index is 13.1. The molecule has 0 unspecified atom stereocenters. The summed E-state index contributed by atoms with van der Waals surface area (Å²) in [6.07, 6.45) is 4.81. The van der Waals surface area contributed by atoms with E-state index in [2.05, 4.69) is 17.1 Å². The van der Waals surface area contributed by atoms with Gasteiger partial charge >= 0.3 is 0 Å². The maximum Gasteiger partial charge on any atom is 0.153 e. The Labute approximate surface area is 118 Å². The summed E-state index contributed by atoms with van der Waals surface area (Å²) in [7, 11) is 0. The fraction of sp³-hybridized carbons (Fsp3) is 0.438. The molecule has 4 heteroatoms. The van der Waals surface area contributed by atoms with Crippen molar-refractivity contribution in [3.63, 3.8) is 0 Å². The van der Waals surface area contributed by atoms with E-state index in [4.69, 9.17) is 5.73 Å². The average Bonchev–Trinajstić information content (AvgIpc) is 2.83. The molecule has 0 amide bonds. The SMILES string of the molecule is CC1CCC(c2[nH]nc(N)c2-c2ccc(F)cc2)CC1. The van der Waals surface area contributed by atoms with Gasteiger partial charge in [0.05, 0.1) is 0 Å². The predicted octanol–water partition coefficient (Wildman–Crippen LogP) is 4.09. The zero-order valence-corrected chi connectivity index (χ0v) is 11.7. The van der Waals surface area contributed by atoms with Crippen LogP contribution in [-0.4, -0.2) is 10.2 Å². The summed E-state index contributed by atoms with van der Waals surface area (Å²) in [5.74, 6) is 1.56. The van der Waals surface area contributed by atoms with Crippen molar-refractivity contribution in [2.45, 2.75) is 38.5 Å². The Kier molecular flexibility index (Phi) is 3.47. The molecule has 1 aromatic heterocycles. The molecular formula is C16H20FN3. The summed E-state index contributed by atoms with van der Waals surface area (Å²) in [5.41, 5.74) is 9.01. The zero-order valence-electron chi connectivity index (χ0n) is 11.7. The number of benzene rings is 1. The lowest BCUT2D eigenvalue weighted by Crippen LogP contribution is -2.12. The second kappa shape index (κ2) is 5.27. The molecule has 0 bridgehead atoms. The van der Waals surface area contributed by atoms with Gasteiger partial charge in [-0.25, -0.2) is 4.39 Å². The number of halogens is 1. The number of aromatic amines is 1. The highest BCUT2D eigenvalue weighted by Crippen LogP contribution is 2.40. The fourth-order valence-electron chi connectivity index (χ4n) is 3.13.